The molecule has 0 spiro atoms. The zero-order valence-electron chi connectivity index (χ0n) is 13.6. The molecule has 12 nitrogen and oxygen atoms in total. The van der Waals surface area contributed by atoms with E-state index in [-0.39, 0.29) is 11.5 Å². The van der Waals surface area contributed by atoms with Crippen LogP contribution in [0.4, 0.5) is 0 Å². The highest BCUT2D eigenvalue weighted by Crippen LogP contribution is 2.25. The molecule has 0 aromatic carbocycles. The van der Waals surface area contributed by atoms with E-state index in [9.17, 15) is 9.59 Å². The van der Waals surface area contributed by atoms with E-state index in [0.29, 0.717) is 0 Å². The van der Waals surface area contributed by atoms with Gasteiger partial charge in [-0.05, 0) is 11.1 Å². The minimum Gasteiger partial charge on any atom is -0.275 e. The lowest BCUT2D eigenvalue weighted by Gasteiger charge is -2.19. The van der Waals surface area contributed by atoms with Gasteiger partial charge >= 0.3 is 0 Å². The van der Waals surface area contributed by atoms with Crippen LogP contribution in [0.2, 0.25) is 0 Å². The average Bonchev–Trinajstić information content (AvgIpc) is 2.60. The first kappa shape index (κ1) is 22.2. The Morgan fingerprint density at radius 3 is 1.54 bits per heavy atom. The molecule has 0 aliphatic rings. The summed E-state index contributed by atoms with van der Waals surface area (Å²) in [5, 5.41) is 8.77. The van der Waals surface area contributed by atoms with Gasteiger partial charge in [0.15, 0.2) is 0 Å². The Morgan fingerprint density at radius 2 is 1.29 bits per heavy atom. The maximum atomic E-state index is 11.9. The van der Waals surface area contributed by atoms with Crippen LogP contribution in [-0.2, 0) is 19.3 Å². The summed E-state index contributed by atoms with van der Waals surface area (Å²) < 4.78 is 0. The fourth-order valence-electron chi connectivity index (χ4n) is 1.26. The van der Waals surface area contributed by atoms with Crippen molar-refractivity contribution in [2.75, 3.05) is 39.8 Å². The third-order valence-electron chi connectivity index (χ3n) is 2.66. The molecule has 0 bridgehead atoms. The van der Waals surface area contributed by atoms with Gasteiger partial charge in [0.2, 0.25) is 0 Å². The zero-order valence-corrected chi connectivity index (χ0v) is 15.2. The highest BCUT2D eigenvalue weighted by molar-refractivity contribution is 8.76. The second kappa shape index (κ2) is 12.6. The van der Waals surface area contributed by atoms with E-state index < -0.39 is 23.9 Å². The third-order valence-corrected chi connectivity index (χ3v) is 5.04. The highest BCUT2D eigenvalue weighted by atomic mass is 33.1. The van der Waals surface area contributed by atoms with Crippen LogP contribution in [0.25, 0.3) is 20.9 Å². The van der Waals surface area contributed by atoms with Crippen LogP contribution in [0.15, 0.2) is 10.2 Å². The van der Waals surface area contributed by atoms with Gasteiger partial charge in [0.05, 0.1) is 14.2 Å². The molecular formula is C10H18N8O4S2. The minimum absolute atomic E-state index is 0.165. The molecule has 14 heteroatoms. The van der Waals surface area contributed by atoms with E-state index in [0.717, 1.165) is 10.1 Å². The maximum Gasteiger partial charge on any atom is 0.255 e. The van der Waals surface area contributed by atoms with E-state index in [1.165, 1.54) is 49.9 Å². The number of hydrogen-bond donors (Lipinski definition) is 0. The van der Waals surface area contributed by atoms with Gasteiger partial charge in [-0.15, -0.1) is 0 Å². The number of carbonyl (C=O) groups excluding carboxylic acids is 2. The van der Waals surface area contributed by atoms with Gasteiger partial charge < -0.3 is 0 Å². The average molecular weight is 378 g/mol. The molecule has 0 unspecified atom stereocenters. The Balaban J connectivity index is 4.59. The number of rotatable bonds is 11. The summed E-state index contributed by atoms with van der Waals surface area (Å²) in [4.78, 5) is 38.6. The second-order valence-corrected chi connectivity index (χ2v) is 6.60. The molecule has 2 atom stereocenters. The molecule has 0 aliphatic heterocycles. The monoisotopic (exact) mass is 378 g/mol. The largest absolute Gasteiger partial charge is 0.275 e. The summed E-state index contributed by atoms with van der Waals surface area (Å²) >= 11 is 0. The smallest absolute Gasteiger partial charge is 0.255 e. The van der Waals surface area contributed by atoms with Crippen LogP contribution in [0.3, 0.4) is 0 Å². The van der Waals surface area contributed by atoms with E-state index >= 15 is 0 Å². The van der Waals surface area contributed by atoms with Crippen LogP contribution in [-0.4, -0.2) is 73.8 Å². The van der Waals surface area contributed by atoms with Crippen molar-refractivity contribution in [3.63, 3.8) is 0 Å². The van der Waals surface area contributed by atoms with Crippen molar-refractivity contribution < 1.29 is 19.3 Å². The van der Waals surface area contributed by atoms with Gasteiger partial charge in [-0.3, -0.25) is 19.3 Å². The van der Waals surface area contributed by atoms with Gasteiger partial charge in [-0.2, -0.15) is 0 Å². The molecule has 0 radical (unpaired) electrons. The first-order valence-corrected chi connectivity index (χ1v) is 8.87. The Labute approximate surface area is 146 Å². The summed E-state index contributed by atoms with van der Waals surface area (Å²) in [5.74, 6) is -0.660. The molecular weight excluding hydrogens is 360 g/mol. The minimum atomic E-state index is -0.951. The van der Waals surface area contributed by atoms with Gasteiger partial charge in [0.1, 0.15) is 12.1 Å². The van der Waals surface area contributed by atoms with Crippen molar-refractivity contribution in [2.24, 2.45) is 10.2 Å². The summed E-state index contributed by atoms with van der Waals surface area (Å²) in [6, 6.07) is -1.90. The number of hydrogen-bond acceptors (Lipinski definition) is 8. The number of hydroxylamine groups is 4. The standard InChI is InChI=1S/C10H18N8O4S2/c1-17(21-3)9(19)7(13-15-11)5-23-24-6-8(14-16-12)10(20)18(2)22-4/h7-8H,5-6H2,1-4H3/t7-,8-/m0/s1. The normalized spacial score (nSPS) is 12.3. The van der Waals surface area contributed by atoms with E-state index in [1.54, 1.807) is 0 Å². The Hall–Kier alpha value is -1.82. The second-order valence-electron chi connectivity index (χ2n) is 4.05. The molecule has 0 saturated carbocycles. The molecule has 24 heavy (non-hydrogen) atoms. The van der Waals surface area contributed by atoms with Crippen LogP contribution >= 0.6 is 21.6 Å². The zero-order chi connectivity index (χ0) is 18.5. The molecule has 0 aliphatic carbocycles. The first-order chi connectivity index (χ1) is 11.4. The van der Waals surface area contributed by atoms with Crippen molar-refractivity contribution in [3.05, 3.63) is 20.9 Å². The lowest BCUT2D eigenvalue weighted by Crippen LogP contribution is -2.36. The van der Waals surface area contributed by atoms with Crippen molar-refractivity contribution in [1.29, 1.82) is 0 Å². The molecule has 0 fully saturated rings. The summed E-state index contributed by atoms with van der Waals surface area (Å²) in [6.45, 7) is 0. The topological polar surface area (TPSA) is 157 Å². The molecule has 0 saturated heterocycles. The number of likely N-dealkylation sites (N-methyl/N-ethyl adjacent to an activating group) is 2. The van der Waals surface area contributed by atoms with Crippen molar-refractivity contribution in [1.82, 2.24) is 10.1 Å². The lowest BCUT2D eigenvalue weighted by atomic mass is 10.3. The molecule has 134 valence electrons. The molecule has 2 amide bonds. The Kier molecular flexibility index (Phi) is 11.6. The van der Waals surface area contributed by atoms with Crippen molar-refractivity contribution >= 4 is 33.4 Å². The van der Waals surface area contributed by atoms with E-state index in [1.807, 2.05) is 0 Å². The van der Waals surface area contributed by atoms with Gasteiger partial charge in [0.25, 0.3) is 11.8 Å². The van der Waals surface area contributed by atoms with Gasteiger partial charge in [0, 0.05) is 35.4 Å². The summed E-state index contributed by atoms with van der Waals surface area (Å²) in [6.07, 6.45) is 0. The predicted octanol–water partition coefficient (Wildman–Crippen LogP) is 1.77. The Morgan fingerprint density at radius 1 is 0.958 bits per heavy atom. The lowest BCUT2D eigenvalue weighted by molar-refractivity contribution is -0.169. The Bertz CT molecular complexity index is 477. The number of amides is 2. The number of azide groups is 2. The van der Waals surface area contributed by atoms with Crippen molar-refractivity contribution in [2.45, 2.75) is 12.1 Å². The number of carbonyl (C=O) groups is 2. The number of nitrogens with zero attached hydrogens (tertiary/aromatic N) is 8. The van der Waals surface area contributed by atoms with Crippen molar-refractivity contribution in [3.8, 4) is 0 Å². The van der Waals surface area contributed by atoms with E-state index in [2.05, 4.69) is 20.1 Å². The third kappa shape index (κ3) is 7.64. The molecule has 0 heterocycles. The predicted molar refractivity (Wildman–Crippen MR) is 90.3 cm³/mol. The highest BCUT2D eigenvalue weighted by Gasteiger charge is 2.24. The SMILES string of the molecule is CON(C)C(=O)[C@H](CSSC[C@H](N=[N+]=[N-])C(=O)N(C)OC)N=[N+]=[N-]. The van der Waals surface area contributed by atoms with Crippen LogP contribution in [0, 0.1) is 0 Å². The molecule has 0 aromatic heterocycles. The summed E-state index contributed by atoms with van der Waals surface area (Å²) in [5.41, 5.74) is 17.1. The van der Waals surface area contributed by atoms with Crippen LogP contribution < -0.4 is 0 Å². The summed E-state index contributed by atoms with van der Waals surface area (Å²) in [7, 11) is 7.83. The molecule has 0 aromatic rings. The first-order valence-electron chi connectivity index (χ1n) is 6.39. The molecule has 0 N–H and O–H groups in total. The quantitative estimate of drug-likeness (QED) is 0.133. The van der Waals surface area contributed by atoms with Gasteiger partial charge in [-0.25, -0.2) is 10.1 Å². The fourth-order valence-corrected chi connectivity index (χ4v) is 3.48. The van der Waals surface area contributed by atoms with Crippen LogP contribution in [0.5, 0.6) is 0 Å². The molecule has 0 rings (SSSR count). The van der Waals surface area contributed by atoms with Crippen LogP contribution in [0.1, 0.15) is 0 Å². The van der Waals surface area contributed by atoms with Gasteiger partial charge in [-0.1, -0.05) is 31.8 Å². The van der Waals surface area contributed by atoms with E-state index in [4.69, 9.17) is 20.7 Å². The fraction of sp³-hybridized carbons (Fsp3) is 0.800. The maximum absolute atomic E-state index is 11.9.